The molecule has 1 saturated carbocycles. The van der Waals surface area contributed by atoms with Crippen molar-refractivity contribution in [1.82, 2.24) is 19.9 Å². The molecule has 2 heterocycles. The van der Waals surface area contributed by atoms with Crippen molar-refractivity contribution in [2.75, 3.05) is 32.7 Å². The van der Waals surface area contributed by atoms with Crippen LogP contribution < -0.4 is 5.73 Å². The zero-order chi connectivity index (χ0) is 16.2. The fourth-order valence-electron chi connectivity index (χ4n) is 3.70. The van der Waals surface area contributed by atoms with Crippen LogP contribution in [0.15, 0.2) is 4.52 Å². The van der Waals surface area contributed by atoms with Gasteiger partial charge in [0.2, 0.25) is 11.8 Å². The molecule has 0 spiro atoms. The van der Waals surface area contributed by atoms with E-state index in [1.165, 1.54) is 0 Å². The van der Waals surface area contributed by atoms with Gasteiger partial charge in [-0.3, -0.25) is 9.69 Å². The second kappa shape index (κ2) is 7.40. The lowest BCUT2D eigenvalue weighted by atomic mass is 9.94. The van der Waals surface area contributed by atoms with Gasteiger partial charge in [0.1, 0.15) is 0 Å². The molecule has 2 N–H and O–H groups in total. The normalized spacial score (nSPS) is 25.9. The second-order valence-electron chi connectivity index (χ2n) is 6.59. The van der Waals surface area contributed by atoms with Crippen LogP contribution in [0.5, 0.6) is 0 Å². The van der Waals surface area contributed by atoms with Gasteiger partial charge in [-0.05, 0) is 25.3 Å². The van der Waals surface area contributed by atoms with E-state index in [1.807, 2.05) is 11.8 Å². The topological polar surface area (TPSA) is 88.5 Å². The fourth-order valence-corrected chi connectivity index (χ4v) is 3.70. The van der Waals surface area contributed by atoms with Crippen LogP contribution >= 0.6 is 0 Å². The van der Waals surface area contributed by atoms with Crippen LogP contribution in [0.1, 0.15) is 37.9 Å². The van der Waals surface area contributed by atoms with Gasteiger partial charge in [0, 0.05) is 38.5 Å². The van der Waals surface area contributed by atoms with Gasteiger partial charge in [-0.15, -0.1) is 0 Å². The lowest BCUT2D eigenvalue weighted by Gasteiger charge is -2.36. The summed E-state index contributed by atoms with van der Waals surface area (Å²) in [5, 5.41) is 4.00. The summed E-state index contributed by atoms with van der Waals surface area (Å²) in [6.45, 7) is 6.62. The van der Waals surface area contributed by atoms with Crippen molar-refractivity contribution in [1.29, 1.82) is 0 Å². The first-order valence-corrected chi connectivity index (χ1v) is 8.74. The van der Waals surface area contributed by atoms with Crippen LogP contribution in [0.3, 0.4) is 0 Å². The van der Waals surface area contributed by atoms with E-state index in [0.717, 1.165) is 57.7 Å². The average molecular weight is 321 g/mol. The molecule has 1 aromatic rings. The summed E-state index contributed by atoms with van der Waals surface area (Å²) in [7, 11) is 0. The summed E-state index contributed by atoms with van der Waals surface area (Å²) in [6, 6.07) is 0. The van der Waals surface area contributed by atoms with E-state index in [4.69, 9.17) is 10.3 Å². The highest BCUT2D eigenvalue weighted by Crippen LogP contribution is 2.32. The van der Waals surface area contributed by atoms with Crippen molar-refractivity contribution in [2.24, 2.45) is 17.6 Å². The molecule has 1 saturated heterocycles. The zero-order valence-corrected chi connectivity index (χ0v) is 13.9. The highest BCUT2D eigenvalue weighted by Gasteiger charge is 2.35. The highest BCUT2D eigenvalue weighted by molar-refractivity contribution is 5.79. The Morgan fingerprint density at radius 1 is 1.30 bits per heavy atom. The number of rotatable bonds is 5. The number of nitrogens with zero attached hydrogens (tertiary/aromatic N) is 4. The number of carbonyl (C=O) groups excluding carboxylic acids is 1. The Morgan fingerprint density at radius 2 is 2.09 bits per heavy atom. The van der Waals surface area contributed by atoms with Crippen molar-refractivity contribution in [3.05, 3.63) is 11.7 Å². The first-order chi connectivity index (χ1) is 11.2. The standard InChI is InChI=1S/C16H27N5O2/c1-2-15-18-14(19-23-15)11-20-6-8-21(9-7-20)16(22)13-5-3-4-12(13)10-17/h12-13H,2-11,17H2,1H3/t12-,13-/m1/s1. The van der Waals surface area contributed by atoms with Gasteiger partial charge in [-0.1, -0.05) is 18.5 Å². The molecule has 0 unspecified atom stereocenters. The summed E-state index contributed by atoms with van der Waals surface area (Å²) in [5.74, 6) is 2.26. The molecule has 3 rings (SSSR count). The summed E-state index contributed by atoms with van der Waals surface area (Å²) < 4.78 is 5.14. The Kier molecular flexibility index (Phi) is 5.27. The minimum absolute atomic E-state index is 0.149. The molecule has 0 aromatic carbocycles. The number of aryl methyl sites for hydroxylation is 1. The number of piperazine rings is 1. The third kappa shape index (κ3) is 3.72. The molecule has 0 radical (unpaired) electrons. The third-order valence-corrected chi connectivity index (χ3v) is 5.14. The molecule has 1 aromatic heterocycles. The van der Waals surface area contributed by atoms with Crippen molar-refractivity contribution >= 4 is 5.91 Å². The number of nitrogens with two attached hydrogens (primary N) is 1. The fraction of sp³-hybridized carbons (Fsp3) is 0.812. The smallest absolute Gasteiger partial charge is 0.226 e. The van der Waals surface area contributed by atoms with E-state index in [9.17, 15) is 4.79 Å². The van der Waals surface area contributed by atoms with E-state index >= 15 is 0 Å². The Hall–Kier alpha value is -1.47. The average Bonchev–Trinajstić information content (AvgIpc) is 3.23. The van der Waals surface area contributed by atoms with E-state index in [-0.39, 0.29) is 5.92 Å². The minimum atomic E-state index is 0.149. The zero-order valence-electron chi connectivity index (χ0n) is 13.9. The number of aromatic nitrogens is 2. The Labute approximate surface area is 137 Å². The monoisotopic (exact) mass is 321 g/mol. The van der Waals surface area contributed by atoms with E-state index < -0.39 is 0 Å². The molecule has 7 nitrogen and oxygen atoms in total. The molecule has 2 fully saturated rings. The van der Waals surface area contributed by atoms with Gasteiger partial charge >= 0.3 is 0 Å². The summed E-state index contributed by atoms with van der Waals surface area (Å²) in [4.78, 5) is 21.3. The van der Waals surface area contributed by atoms with Crippen molar-refractivity contribution < 1.29 is 9.32 Å². The Morgan fingerprint density at radius 3 is 2.74 bits per heavy atom. The number of carbonyl (C=O) groups is 1. The first-order valence-electron chi connectivity index (χ1n) is 8.74. The van der Waals surface area contributed by atoms with Gasteiger partial charge in [-0.25, -0.2) is 0 Å². The lowest BCUT2D eigenvalue weighted by molar-refractivity contribution is -0.138. The van der Waals surface area contributed by atoms with Crippen LogP contribution in [0.25, 0.3) is 0 Å². The second-order valence-corrected chi connectivity index (χ2v) is 6.59. The Balaban J connectivity index is 1.49. The molecule has 7 heteroatoms. The van der Waals surface area contributed by atoms with Gasteiger partial charge in [0.05, 0.1) is 6.54 Å². The van der Waals surface area contributed by atoms with E-state index in [2.05, 4.69) is 15.0 Å². The summed E-state index contributed by atoms with van der Waals surface area (Å²) in [6.07, 6.45) is 4.00. The van der Waals surface area contributed by atoms with Crippen LogP contribution in [0, 0.1) is 11.8 Å². The number of hydrogen-bond acceptors (Lipinski definition) is 6. The summed E-state index contributed by atoms with van der Waals surface area (Å²) in [5.41, 5.74) is 5.81. The van der Waals surface area contributed by atoms with Crippen LogP contribution in [0.4, 0.5) is 0 Å². The molecule has 128 valence electrons. The predicted octanol–water partition coefficient (Wildman–Crippen LogP) is 0.651. The Bertz CT molecular complexity index is 524. The maximum absolute atomic E-state index is 12.7. The van der Waals surface area contributed by atoms with Gasteiger partial charge in [0.25, 0.3) is 0 Å². The predicted molar refractivity (Wildman–Crippen MR) is 85.4 cm³/mol. The molecular formula is C16H27N5O2. The molecule has 1 amide bonds. The molecular weight excluding hydrogens is 294 g/mol. The van der Waals surface area contributed by atoms with Gasteiger partial charge < -0.3 is 15.2 Å². The summed E-state index contributed by atoms with van der Waals surface area (Å²) >= 11 is 0. The molecule has 2 aliphatic rings. The van der Waals surface area contributed by atoms with E-state index in [1.54, 1.807) is 0 Å². The maximum atomic E-state index is 12.7. The van der Waals surface area contributed by atoms with Crippen molar-refractivity contribution in [3.63, 3.8) is 0 Å². The molecule has 0 bridgehead atoms. The van der Waals surface area contributed by atoms with E-state index in [0.29, 0.717) is 30.8 Å². The molecule has 1 aliphatic heterocycles. The molecule has 1 aliphatic carbocycles. The lowest BCUT2D eigenvalue weighted by Crippen LogP contribution is -2.50. The third-order valence-electron chi connectivity index (χ3n) is 5.14. The number of amides is 1. The first kappa shape index (κ1) is 16.4. The largest absolute Gasteiger partial charge is 0.340 e. The van der Waals surface area contributed by atoms with Crippen LogP contribution in [0.2, 0.25) is 0 Å². The van der Waals surface area contributed by atoms with Crippen molar-refractivity contribution in [2.45, 2.75) is 39.2 Å². The van der Waals surface area contributed by atoms with Gasteiger partial charge in [0.15, 0.2) is 5.82 Å². The molecule has 2 atom stereocenters. The maximum Gasteiger partial charge on any atom is 0.226 e. The minimum Gasteiger partial charge on any atom is -0.340 e. The van der Waals surface area contributed by atoms with Gasteiger partial charge in [-0.2, -0.15) is 4.98 Å². The van der Waals surface area contributed by atoms with Crippen LogP contribution in [-0.2, 0) is 17.8 Å². The quantitative estimate of drug-likeness (QED) is 0.857. The van der Waals surface area contributed by atoms with Crippen molar-refractivity contribution in [3.8, 4) is 0 Å². The number of hydrogen-bond donors (Lipinski definition) is 1. The highest BCUT2D eigenvalue weighted by atomic mass is 16.5. The molecule has 23 heavy (non-hydrogen) atoms. The SMILES string of the molecule is CCc1nc(CN2CCN(C(=O)[C@@H]3CCC[C@@H]3CN)CC2)no1. The van der Waals surface area contributed by atoms with Crippen LogP contribution in [-0.4, -0.2) is 58.6 Å².